The molecule has 0 amide bonds. The molecule has 3 heterocycles. The second-order valence-electron chi connectivity index (χ2n) is 6.41. The van der Waals surface area contributed by atoms with Crippen LogP contribution in [0.1, 0.15) is 38.5 Å². The monoisotopic (exact) mass is 283 g/mol. The van der Waals surface area contributed by atoms with E-state index < -0.39 is 0 Å². The first-order valence-electron chi connectivity index (χ1n) is 7.73. The van der Waals surface area contributed by atoms with Gasteiger partial charge >= 0.3 is 0 Å². The lowest BCUT2D eigenvalue weighted by Crippen LogP contribution is -2.42. The minimum Gasteiger partial charge on any atom is -0.374 e. The SMILES string of the molecule is O=C(CC1CCCNC1)C1CCOC2(CCSC2)C1. The van der Waals surface area contributed by atoms with Crippen molar-refractivity contribution < 1.29 is 9.53 Å². The Labute approximate surface area is 120 Å². The van der Waals surface area contributed by atoms with E-state index in [4.69, 9.17) is 4.74 Å². The molecule has 108 valence electrons. The Morgan fingerprint density at radius 2 is 2.37 bits per heavy atom. The second kappa shape index (κ2) is 6.15. The van der Waals surface area contributed by atoms with Crippen molar-refractivity contribution in [2.75, 3.05) is 31.2 Å². The van der Waals surface area contributed by atoms with E-state index in [9.17, 15) is 4.79 Å². The summed E-state index contributed by atoms with van der Waals surface area (Å²) in [6.45, 7) is 2.96. The lowest BCUT2D eigenvalue weighted by atomic mass is 9.80. The predicted octanol–water partition coefficient (Wildman–Crippen LogP) is 2.25. The Kier molecular flexibility index (Phi) is 4.50. The molecule has 1 spiro atoms. The number of carbonyl (C=O) groups is 1. The molecule has 3 unspecified atom stereocenters. The van der Waals surface area contributed by atoms with Crippen LogP contribution in [0.3, 0.4) is 0 Å². The third kappa shape index (κ3) is 3.34. The molecular weight excluding hydrogens is 258 g/mol. The van der Waals surface area contributed by atoms with E-state index in [1.165, 1.54) is 18.6 Å². The minimum absolute atomic E-state index is 0.0497. The van der Waals surface area contributed by atoms with Crippen LogP contribution in [0.2, 0.25) is 0 Å². The Bertz CT molecular complexity index is 322. The fourth-order valence-electron chi connectivity index (χ4n) is 3.72. The lowest BCUT2D eigenvalue weighted by Gasteiger charge is -2.37. The standard InChI is InChI=1S/C15H25NO2S/c17-14(8-12-2-1-5-16-10-12)13-3-6-18-15(9-13)4-7-19-11-15/h12-13,16H,1-11H2. The van der Waals surface area contributed by atoms with Gasteiger partial charge in [0.25, 0.3) is 0 Å². The molecule has 0 bridgehead atoms. The zero-order valence-electron chi connectivity index (χ0n) is 11.7. The predicted molar refractivity (Wildman–Crippen MR) is 78.6 cm³/mol. The van der Waals surface area contributed by atoms with E-state index in [2.05, 4.69) is 5.32 Å². The van der Waals surface area contributed by atoms with Gasteiger partial charge in [0.1, 0.15) is 5.78 Å². The van der Waals surface area contributed by atoms with Crippen molar-refractivity contribution in [2.24, 2.45) is 11.8 Å². The summed E-state index contributed by atoms with van der Waals surface area (Å²) in [6, 6.07) is 0. The van der Waals surface area contributed by atoms with Crippen LogP contribution in [0.25, 0.3) is 0 Å². The quantitative estimate of drug-likeness (QED) is 0.862. The van der Waals surface area contributed by atoms with Gasteiger partial charge in [-0.1, -0.05) is 0 Å². The van der Waals surface area contributed by atoms with Gasteiger partial charge in [0, 0.05) is 24.7 Å². The van der Waals surface area contributed by atoms with E-state index in [0.717, 1.165) is 51.1 Å². The zero-order valence-corrected chi connectivity index (χ0v) is 12.5. The molecule has 3 fully saturated rings. The molecule has 1 N–H and O–H groups in total. The van der Waals surface area contributed by atoms with Gasteiger partial charge in [-0.15, -0.1) is 0 Å². The maximum atomic E-state index is 12.5. The Morgan fingerprint density at radius 3 is 3.11 bits per heavy atom. The van der Waals surface area contributed by atoms with Gasteiger partial charge in [-0.2, -0.15) is 11.8 Å². The van der Waals surface area contributed by atoms with Crippen molar-refractivity contribution in [3.63, 3.8) is 0 Å². The highest BCUT2D eigenvalue weighted by Gasteiger charge is 2.42. The van der Waals surface area contributed by atoms with E-state index >= 15 is 0 Å². The van der Waals surface area contributed by atoms with Crippen LogP contribution in [0.15, 0.2) is 0 Å². The Balaban J connectivity index is 1.54. The summed E-state index contributed by atoms with van der Waals surface area (Å²) in [5.74, 6) is 3.66. The average Bonchev–Trinajstić information content (AvgIpc) is 2.88. The largest absolute Gasteiger partial charge is 0.374 e. The molecule has 3 rings (SSSR count). The molecule has 0 aromatic carbocycles. The molecule has 19 heavy (non-hydrogen) atoms. The summed E-state index contributed by atoms with van der Waals surface area (Å²) in [5.41, 5.74) is 0.0497. The number of Topliss-reactive ketones (excluding diaryl/α,β-unsaturated/α-hetero) is 1. The number of nitrogens with one attached hydrogen (secondary N) is 1. The molecule has 3 atom stereocenters. The van der Waals surface area contributed by atoms with Crippen molar-refractivity contribution in [3.8, 4) is 0 Å². The number of ether oxygens (including phenoxy) is 1. The topological polar surface area (TPSA) is 38.3 Å². The van der Waals surface area contributed by atoms with Crippen LogP contribution in [0, 0.1) is 11.8 Å². The van der Waals surface area contributed by atoms with E-state index in [1.54, 1.807) is 0 Å². The van der Waals surface area contributed by atoms with Gasteiger partial charge < -0.3 is 10.1 Å². The van der Waals surface area contributed by atoms with Gasteiger partial charge in [0.05, 0.1) is 5.60 Å². The molecule has 3 aliphatic rings. The van der Waals surface area contributed by atoms with E-state index in [0.29, 0.717) is 11.7 Å². The smallest absolute Gasteiger partial charge is 0.136 e. The summed E-state index contributed by atoms with van der Waals surface area (Å²) >= 11 is 1.98. The molecule has 4 heteroatoms. The van der Waals surface area contributed by atoms with E-state index in [-0.39, 0.29) is 11.5 Å². The molecule has 3 saturated heterocycles. The number of carbonyl (C=O) groups excluding carboxylic acids is 1. The summed E-state index contributed by atoms with van der Waals surface area (Å²) in [5, 5.41) is 3.41. The number of hydrogen-bond donors (Lipinski definition) is 1. The van der Waals surface area contributed by atoms with Crippen molar-refractivity contribution in [1.29, 1.82) is 0 Å². The normalized spacial score (nSPS) is 39.6. The number of ketones is 1. The number of rotatable bonds is 3. The van der Waals surface area contributed by atoms with Crippen molar-refractivity contribution in [1.82, 2.24) is 5.32 Å². The molecule has 0 radical (unpaired) electrons. The average molecular weight is 283 g/mol. The van der Waals surface area contributed by atoms with Crippen LogP contribution in [0.5, 0.6) is 0 Å². The Hall–Kier alpha value is -0.0600. The molecule has 3 aliphatic heterocycles. The van der Waals surface area contributed by atoms with Gasteiger partial charge in [0.2, 0.25) is 0 Å². The summed E-state index contributed by atoms with van der Waals surface area (Å²) < 4.78 is 6.01. The van der Waals surface area contributed by atoms with Crippen LogP contribution in [-0.4, -0.2) is 42.6 Å². The molecule has 0 aromatic heterocycles. The highest BCUT2D eigenvalue weighted by molar-refractivity contribution is 7.99. The first kappa shape index (κ1) is 13.9. The first-order chi connectivity index (χ1) is 9.27. The van der Waals surface area contributed by atoms with Crippen LogP contribution in [0.4, 0.5) is 0 Å². The maximum Gasteiger partial charge on any atom is 0.136 e. The van der Waals surface area contributed by atoms with Crippen LogP contribution in [-0.2, 0) is 9.53 Å². The van der Waals surface area contributed by atoms with Crippen LogP contribution < -0.4 is 5.32 Å². The number of thioether (sulfide) groups is 1. The van der Waals surface area contributed by atoms with Crippen molar-refractivity contribution in [2.45, 2.75) is 44.1 Å². The summed E-state index contributed by atoms with van der Waals surface area (Å²) in [7, 11) is 0. The fraction of sp³-hybridized carbons (Fsp3) is 0.933. The summed E-state index contributed by atoms with van der Waals surface area (Å²) in [4.78, 5) is 12.5. The molecule has 0 aliphatic carbocycles. The van der Waals surface area contributed by atoms with Crippen LogP contribution >= 0.6 is 11.8 Å². The fourth-order valence-corrected chi connectivity index (χ4v) is 5.09. The molecule has 0 aromatic rings. The Morgan fingerprint density at radius 1 is 1.42 bits per heavy atom. The lowest BCUT2D eigenvalue weighted by molar-refractivity contribution is -0.135. The van der Waals surface area contributed by atoms with Gasteiger partial charge in [-0.05, 0) is 56.9 Å². The minimum atomic E-state index is 0.0497. The molecular formula is C15H25NO2S. The second-order valence-corrected chi connectivity index (χ2v) is 7.51. The van der Waals surface area contributed by atoms with Gasteiger partial charge in [0.15, 0.2) is 0 Å². The van der Waals surface area contributed by atoms with E-state index in [1.807, 2.05) is 11.8 Å². The third-order valence-electron chi connectivity index (χ3n) is 4.90. The summed E-state index contributed by atoms with van der Waals surface area (Å²) in [6.07, 6.45) is 6.33. The van der Waals surface area contributed by atoms with Crippen molar-refractivity contribution >= 4 is 17.5 Å². The molecule has 3 nitrogen and oxygen atoms in total. The first-order valence-corrected chi connectivity index (χ1v) is 8.88. The van der Waals surface area contributed by atoms with Gasteiger partial charge in [-0.3, -0.25) is 4.79 Å². The zero-order chi connectivity index (χ0) is 13.1. The highest BCUT2D eigenvalue weighted by Crippen LogP contribution is 2.41. The third-order valence-corrected chi connectivity index (χ3v) is 6.13. The maximum absolute atomic E-state index is 12.5. The number of hydrogen-bond acceptors (Lipinski definition) is 4. The van der Waals surface area contributed by atoms with Crippen molar-refractivity contribution in [3.05, 3.63) is 0 Å². The number of piperidine rings is 1. The van der Waals surface area contributed by atoms with Gasteiger partial charge in [-0.25, -0.2) is 0 Å². The highest BCUT2D eigenvalue weighted by atomic mass is 32.2. The molecule has 0 saturated carbocycles.